The van der Waals surface area contributed by atoms with Crippen molar-refractivity contribution in [3.63, 3.8) is 0 Å². The molecule has 5 heteroatoms. The van der Waals surface area contributed by atoms with E-state index in [0.29, 0.717) is 17.7 Å². The minimum atomic E-state index is 0.452. The van der Waals surface area contributed by atoms with Crippen LogP contribution in [-0.4, -0.2) is 16.7 Å². The Labute approximate surface area is 128 Å². The van der Waals surface area contributed by atoms with E-state index in [4.69, 9.17) is 14.6 Å². The second-order valence-electron chi connectivity index (χ2n) is 5.35. The van der Waals surface area contributed by atoms with Crippen LogP contribution in [0.25, 0.3) is 11.1 Å². The second kappa shape index (κ2) is 5.67. The van der Waals surface area contributed by atoms with E-state index in [1.165, 1.54) is 5.56 Å². The van der Waals surface area contributed by atoms with Crippen LogP contribution in [0.2, 0.25) is 0 Å². The van der Waals surface area contributed by atoms with Crippen LogP contribution < -0.4 is 10.2 Å². The van der Waals surface area contributed by atoms with Gasteiger partial charge in [-0.1, -0.05) is 12.1 Å². The highest BCUT2D eigenvalue weighted by Crippen LogP contribution is 2.19. The molecule has 5 nitrogen and oxygen atoms in total. The van der Waals surface area contributed by atoms with Crippen molar-refractivity contribution in [3.8, 4) is 5.75 Å². The summed E-state index contributed by atoms with van der Waals surface area (Å²) in [6, 6.07) is 7.99. The Morgan fingerprint density at radius 2 is 1.95 bits per heavy atom. The number of benzene rings is 1. The Hall–Kier alpha value is -2.56. The standard InChI is InChI=1S/C17H19N3O2/c1-11-12(2)22-17-15(11)16(18)20(10-19-17)9-8-13-4-6-14(21-3)7-5-13/h4-7,10,18H,8-9H2,1-3H3. The molecule has 0 atom stereocenters. The van der Waals surface area contributed by atoms with E-state index in [1.54, 1.807) is 13.4 Å². The number of aromatic nitrogens is 2. The van der Waals surface area contributed by atoms with Gasteiger partial charge in [0.05, 0.1) is 12.5 Å². The van der Waals surface area contributed by atoms with Gasteiger partial charge in [-0.05, 0) is 38.0 Å². The maximum atomic E-state index is 8.37. The van der Waals surface area contributed by atoms with Gasteiger partial charge in [-0.2, -0.15) is 0 Å². The van der Waals surface area contributed by atoms with Gasteiger partial charge in [0.15, 0.2) is 0 Å². The monoisotopic (exact) mass is 297 g/mol. The predicted molar refractivity (Wildman–Crippen MR) is 84.0 cm³/mol. The number of nitrogens with zero attached hydrogens (tertiary/aromatic N) is 2. The van der Waals surface area contributed by atoms with Crippen LogP contribution in [0.3, 0.4) is 0 Å². The SMILES string of the molecule is COc1ccc(CCn2cnc3oc(C)c(C)c3c2=N)cc1. The Balaban J connectivity index is 1.86. The van der Waals surface area contributed by atoms with E-state index < -0.39 is 0 Å². The van der Waals surface area contributed by atoms with Gasteiger partial charge in [0.25, 0.3) is 0 Å². The van der Waals surface area contributed by atoms with Crippen LogP contribution in [0.5, 0.6) is 5.75 Å². The maximum absolute atomic E-state index is 8.37. The van der Waals surface area contributed by atoms with Crippen LogP contribution in [-0.2, 0) is 13.0 Å². The molecule has 0 aliphatic heterocycles. The zero-order chi connectivity index (χ0) is 15.7. The lowest BCUT2D eigenvalue weighted by Crippen LogP contribution is -2.21. The van der Waals surface area contributed by atoms with Crippen LogP contribution in [0.1, 0.15) is 16.9 Å². The molecule has 0 bridgehead atoms. The Kier molecular flexibility index (Phi) is 3.71. The molecule has 1 N–H and O–H groups in total. The maximum Gasteiger partial charge on any atom is 0.231 e. The summed E-state index contributed by atoms with van der Waals surface area (Å²) in [6.07, 6.45) is 2.51. The normalized spacial score (nSPS) is 11.0. The first-order valence-corrected chi connectivity index (χ1v) is 7.23. The summed E-state index contributed by atoms with van der Waals surface area (Å²) in [5.74, 6) is 1.68. The minimum Gasteiger partial charge on any atom is -0.497 e. The van der Waals surface area contributed by atoms with Crippen LogP contribution >= 0.6 is 0 Å². The van der Waals surface area contributed by atoms with Crippen LogP contribution in [0.4, 0.5) is 0 Å². The third kappa shape index (κ3) is 2.50. The van der Waals surface area contributed by atoms with Gasteiger partial charge in [0, 0.05) is 12.1 Å². The van der Waals surface area contributed by atoms with Crippen molar-refractivity contribution in [1.29, 1.82) is 5.41 Å². The lowest BCUT2D eigenvalue weighted by Gasteiger charge is -2.07. The van der Waals surface area contributed by atoms with Crippen molar-refractivity contribution in [2.45, 2.75) is 26.8 Å². The summed E-state index contributed by atoms with van der Waals surface area (Å²) in [5, 5.41) is 9.17. The van der Waals surface area contributed by atoms with Gasteiger partial charge in [0.2, 0.25) is 5.71 Å². The molecular weight excluding hydrogens is 278 g/mol. The second-order valence-corrected chi connectivity index (χ2v) is 5.35. The average molecular weight is 297 g/mol. The predicted octanol–water partition coefficient (Wildman–Crippen LogP) is 2.98. The lowest BCUT2D eigenvalue weighted by atomic mass is 10.1. The van der Waals surface area contributed by atoms with E-state index in [-0.39, 0.29) is 0 Å². The first kappa shape index (κ1) is 14.4. The number of nitrogens with one attached hydrogen (secondary N) is 1. The Morgan fingerprint density at radius 1 is 1.23 bits per heavy atom. The van der Waals surface area contributed by atoms with Gasteiger partial charge in [-0.3, -0.25) is 5.41 Å². The highest BCUT2D eigenvalue weighted by Gasteiger charge is 2.11. The van der Waals surface area contributed by atoms with Crippen molar-refractivity contribution in [2.75, 3.05) is 7.11 Å². The number of methoxy groups -OCH3 is 1. The number of furan rings is 1. The van der Waals surface area contributed by atoms with Crippen molar-refractivity contribution in [2.24, 2.45) is 0 Å². The van der Waals surface area contributed by atoms with E-state index in [9.17, 15) is 0 Å². The molecule has 0 radical (unpaired) electrons. The molecule has 2 heterocycles. The fourth-order valence-electron chi connectivity index (χ4n) is 2.51. The van der Waals surface area contributed by atoms with E-state index in [0.717, 1.165) is 28.9 Å². The highest BCUT2D eigenvalue weighted by molar-refractivity contribution is 5.76. The summed E-state index contributed by atoms with van der Waals surface area (Å²) in [6.45, 7) is 4.57. The smallest absolute Gasteiger partial charge is 0.231 e. The summed E-state index contributed by atoms with van der Waals surface area (Å²) in [7, 11) is 1.66. The number of aryl methyl sites for hydroxylation is 4. The molecule has 0 spiro atoms. The quantitative estimate of drug-likeness (QED) is 0.805. The largest absolute Gasteiger partial charge is 0.497 e. The Bertz CT molecular complexity index is 860. The first-order chi connectivity index (χ1) is 10.6. The number of hydrogen-bond donors (Lipinski definition) is 1. The molecule has 2 aromatic heterocycles. The molecule has 114 valence electrons. The van der Waals surface area contributed by atoms with Gasteiger partial charge < -0.3 is 13.7 Å². The van der Waals surface area contributed by atoms with Gasteiger partial charge >= 0.3 is 0 Å². The molecule has 0 aliphatic carbocycles. The van der Waals surface area contributed by atoms with Crippen molar-refractivity contribution < 1.29 is 9.15 Å². The number of rotatable bonds is 4. The first-order valence-electron chi connectivity index (χ1n) is 7.23. The zero-order valence-electron chi connectivity index (χ0n) is 13.0. The molecule has 0 aliphatic rings. The van der Waals surface area contributed by atoms with E-state index >= 15 is 0 Å². The topological polar surface area (TPSA) is 64.0 Å². The Morgan fingerprint density at radius 3 is 2.64 bits per heavy atom. The molecule has 22 heavy (non-hydrogen) atoms. The summed E-state index contributed by atoms with van der Waals surface area (Å²) in [5.41, 5.74) is 3.19. The number of fused-ring (bicyclic) bond motifs is 1. The van der Waals surface area contributed by atoms with Crippen LogP contribution in [0.15, 0.2) is 35.0 Å². The minimum absolute atomic E-state index is 0.452. The number of ether oxygens (including phenoxy) is 1. The third-order valence-corrected chi connectivity index (χ3v) is 4.01. The summed E-state index contributed by atoms with van der Waals surface area (Å²) < 4.78 is 12.6. The third-order valence-electron chi connectivity index (χ3n) is 4.01. The van der Waals surface area contributed by atoms with Crippen molar-refractivity contribution in [1.82, 2.24) is 9.55 Å². The molecule has 0 amide bonds. The fourth-order valence-corrected chi connectivity index (χ4v) is 2.51. The zero-order valence-corrected chi connectivity index (χ0v) is 13.0. The molecule has 1 aromatic carbocycles. The van der Waals surface area contributed by atoms with E-state index in [2.05, 4.69) is 4.98 Å². The molecule has 3 rings (SSSR count). The summed E-state index contributed by atoms with van der Waals surface area (Å²) in [4.78, 5) is 4.32. The van der Waals surface area contributed by atoms with Gasteiger partial charge in [-0.25, -0.2) is 4.98 Å². The molecule has 0 saturated heterocycles. The molecule has 0 saturated carbocycles. The lowest BCUT2D eigenvalue weighted by molar-refractivity contribution is 0.414. The highest BCUT2D eigenvalue weighted by atomic mass is 16.5. The van der Waals surface area contributed by atoms with Crippen molar-refractivity contribution in [3.05, 3.63) is 53.0 Å². The molecule has 0 fully saturated rings. The van der Waals surface area contributed by atoms with Gasteiger partial charge in [0.1, 0.15) is 23.3 Å². The fraction of sp³-hybridized carbons (Fsp3) is 0.294. The van der Waals surface area contributed by atoms with E-state index in [1.807, 2.05) is 42.7 Å². The van der Waals surface area contributed by atoms with Gasteiger partial charge in [-0.15, -0.1) is 0 Å². The van der Waals surface area contributed by atoms with Crippen molar-refractivity contribution >= 4 is 11.1 Å². The summed E-state index contributed by atoms with van der Waals surface area (Å²) >= 11 is 0. The average Bonchev–Trinajstić information content (AvgIpc) is 2.83. The molecular formula is C17H19N3O2. The number of hydrogen-bond acceptors (Lipinski definition) is 4. The molecule has 3 aromatic rings. The van der Waals surface area contributed by atoms with Crippen LogP contribution in [0, 0.1) is 19.3 Å². The molecule has 0 unspecified atom stereocenters.